The first-order valence-electron chi connectivity index (χ1n) is 11.3. The lowest BCUT2D eigenvalue weighted by Crippen LogP contribution is -2.21. The van der Waals surface area contributed by atoms with Gasteiger partial charge in [-0.1, -0.05) is 25.7 Å². The van der Waals surface area contributed by atoms with E-state index in [-0.39, 0.29) is 25.4 Å². The van der Waals surface area contributed by atoms with Crippen molar-refractivity contribution in [3.63, 3.8) is 0 Å². The van der Waals surface area contributed by atoms with Gasteiger partial charge in [-0.05, 0) is 36.0 Å². The van der Waals surface area contributed by atoms with Crippen molar-refractivity contribution >= 4 is 19.8 Å². The Morgan fingerprint density at radius 2 is 2.12 bits per heavy atom. The highest BCUT2D eigenvalue weighted by molar-refractivity contribution is 6.76. The van der Waals surface area contributed by atoms with Gasteiger partial charge < -0.3 is 24.7 Å². The van der Waals surface area contributed by atoms with E-state index in [0.29, 0.717) is 30.4 Å². The van der Waals surface area contributed by atoms with Crippen molar-refractivity contribution in [2.75, 3.05) is 19.9 Å². The minimum absolute atomic E-state index is 0.181. The van der Waals surface area contributed by atoms with Crippen LogP contribution in [0.4, 0.5) is 0 Å². The fourth-order valence-electron chi connectivity index (χ4n) is 3.25. The Morgan fingerprint density at radius 1 is 1.29 bits per heavy atom. The molecule has 0 saturated heterocycles. The van der Waals surface area contributed by atoms with E-state index in [0.717, 1.165) is 22.9 Å². The molecule has 9 heteroatoms. The molecule has 3 rings (SSSR count). The molecule has 1 aliphatic rings. The van der Waals surface area contributed by atoms with Gasteiger partial charge in [-0.3, -0.25) is 9.79 Å². The second-order valence-electron chi connectivity index (χ2n) is 9.25. The minimum atomic E-state index is -1.13. The number of hydrogen-bond donors (Lipinski definition) is 1. The lowest BCUT2D eigenvalue weighted by molar-refractivity contribution is -0.143. The van der Waals surface area contributed by atoms with Crippen molar-refractivity contribution in [1.29, 1.82) is 0 Å². The number of carbonyl (C=O) groups is 1. The first kappa shape index (κ1) is 25.4. The van der Waals surface area contributed by atoms with Gasteiger partial charge in [0.15, 0.2) is 0 Å². The van der Waals surface area contributed by atoms with E-state index in [9.17, 15) is 4.79 Å². The molecule has 0 amide bonds. The Morgan fingerprint density at radius 3 is 2.79 bits per heavy atom. The number of hydrogen-bond acceptors (Lipinski definition) is 8. The molecule has 0 aliphatic carbocycles. The molecule has 1 aromatic heterocycles. The SMILES string of the molecule is CC(=O)OCC1Cc2ccc(Oc3ccc(C(/C=C\N)=N\COCC[Si](C)(C)C)cn3)cc2O1. The fourth-order valence-corrected chi connectivity index (χ4v) is 4.01. The van der Waals surface area contributed by atoms with Crippen molar-refractivity contribution in [3.8, 4) is 17.4 Å². The summed E-state index contributed by atoms with van der Waals surface area (Å²) in [6, 6.07) is 10.4. The molecule has 8 nitrogen and oxygen atoms in total. The molecule has 1 unspecified atom stereocenters. The second kappa shape index (κ2) is 11.8. The molecule has 0 bridgehead atoms. The van der Waals surface area contributed by atoms with Crippen LogP contribution in [0.25, 0.3) is 0 Å². The molecular weight excluding hydrogens is 450 g/mol. The van der Waals surface area contributed by atoms with Gasteiger partial charge in [-0.2, -0.15) is 0 Å². The summed E-state index contributed by atoms with van der Waals surface area (Å²) < 4.78 is 22.5. The van der Waals surface area contributed by atoms with Crippen LogP contribution in [0.2, 0.25) is 25.7 Å². The number of nitrogens with two attached hydrogens (primary N) is 1. The van der Waals surface area contributed by atoms with Gasteiger partial charge in [0.2, 0.25) is 5.88 Å². The topological polar surface area (TPSA) is 105 Å². The first-order valence-corrected chi connectivity index (χ1v) is 15.0. The molecule has 0 fully saturated rings. The van der Waals surface area contributed by atoms with Crippen LogP contribution in [0.3, 0.4) is 0 Å². The predicted octanol–water partition coefficient (Wildman–Crippen LogP) is 4.31. The molecule has 2 N–H and O–H groups in total. The highest BCUT2D eigenvalue weighted by Gasteiger charge is 2.24. The monoisotopic (exact) mass is 483 g/mol. The number of nitrogens with zero attached hydrogens (tertiary/aromatic N) is 2. The van der Waals surface area contributed by atoms with E-state index in [1.807, 2.05) is 24.3 Å². The maximum absolute atomic E-state index is 11.0. The number of allylic oxidation sites excluding steroid dienone is 1. The molecule has 182 valence electrons. The van der Waals surface area contributed by atoms with Crippen LogP contribution >= 0.6 is 0 Å². The third-order valence-electron chi connectivity index (χ3n) is 5.08. The number of ether oxygens (including phenoxy) is 4. The summed E-state index contributed by atoms with van der Waals surface area (Å²) in [5.74, 6) is 1.46. The maximum Gasteiger partial charge on any atom is 0.302 e. The molecule has 1 aromatic carbocycles. The number of carbonyl (C=O) groups excluding carboxylic acids is 1. The third kappa shape index (κ3) is 8.00. The molecule has 2 aromatic rings. The molecule has 0 spiro atoms. The normalized spacial score (nSPS) is 15.8. The lowest BCUT2D eigenvalue weighted by atomic mass is 10.1. The van der Waals surface area contributed by atoms with Crippen LogP contribution < -0.4 is 15.2 Å². The minimum Gasteiger partial charge on any atom is -0.486 e. The quantitative estimate of drug-likeness (QED) is 0.220. The van der Waals surface area contributed by atoms with Crippen LogP contribution in [0, 0.1) is 0 Å². The average molecular weight is 484 g/mol. The number of pyridine rings is 1. The highest BCUT2D eigenvalue weighted by Crippen LogP contribution is 2.34. The summed E-state index contributed by atoms with van der Waals surface area (Å²) in [4.78, 5) is 19.9. The summed E-state index contributed by atoms with van der Waals surface area (Å²) in [6.45, 7) is 9.54. The van der Waals surface area contributed by atoms with E-state index >= 15 is 0 Å². The van der Waals surface area contributed by atoms with Crippen molar-refractivity contribution in [2.24, 2.45) is 10.7 Å². The molecule has 34 heavy (non-hydrogen) atoms. The number of esters is 1. The second-order valence-corrected chi connectivity index (χ2v) is 14.9. The van der Waals surface area contributed by atoms with Crippen molar-refractivity contribution < 1.29 is 23.7 Å². The Kier molecular flexibility index (Phi) is 8.83. The van der Waals surface area contributed by atoms with Gasteiger partial charge in [0, 0.05) is 51.9 Å². The number of rotatable bonds is 11. The van der Waals surface area contributed by atoms with Gasteiger partial charge in [0.05, 0.1) is 5.71 Å². The van der Waals surface area contributed by atoms with Crippen LogP contribution in [-0.4, -0.2) is 50.8 Å². The fraction of sp³-hybridized carbons (Fsp3) is 0.400. The molecule has 0 saturated carbocycles. The molecule has 1 atom stereocenters. The standard InChI is InChI=1S/C25H33N3O5Si/c1-18(29)31-16-22-13-19-5-7-21(14-24(19)32-22)33-25-8-6-20(15-27-25)23(9-10-26)28-17-30-11-12-34(2,3)4/h5-10,14-15,22H,11-13,16-17,26H2,1-4H3/b10-9-,28-23-. The van der Waals surface area contributed by atoms with Crippen LogP contribution in [0.5, 0.6) is 17.4 Å². The van der Waals surface area contributed by atoms with Crippen LogP contribution in [-0.2, 0) is 20.7 Å². The molecule has 1 aliphatic heterocycles. The van der Waals surface area contributed by atoms with Gasteiger partial charge >= 0.3 is 5.97 Å². The lowest BCUT2D eigenvalue weighted by Gasteiger charge is -2.14. The number of benzene rings is 1. The highest BCUT2D eigenvalue weighted by atomic mass is 28.3. The predicted molar refractivity (Wildman–Crippen MR) is 134 cm³/mol. The van der Waals surface area contributed by atoms with E-state index in [1.165, 1.54) is 13.1 Å². The van der Waals surface area contributed by atoms with Gasteiger partial charge in [0.1, 0.15) is 30.9 Å². The Balaban J connectivity index is 1.58. The van der Waals surface area contributed by atoms with Crippen molar-refractivity contribution in [1.82, 2.24) is 4.98 Å². The molecule has 0 radical (unpaired) electrons. The van der Waals surface area contributed by atoms with Gasteiger partial charge in [-0.25, -0.2) is 4.98 Å². The Hall–Kier alpha value is -3.17. The zero-order chi connectivity index (χ0) is 24.6. The largest absolute Gasteiger partial charge is 0.486 e. The van der Waals surface area contributed by atoms with E-state index < -0.39 is 8.07 Å². The van der Waals surface area contributed by atoms with Crippen molar-refractivity contribution in [2.45, 2.75) is 45.1 Å². The average Bonchev–Trinajstić information content (AvgIpc) is 3.19. The molecular formula is C25H33N3O5Si. The number of aliphatic imine (C=N–C) groups is 1. The zero-order valence-corrected chi connectivity index (χ0v) is 21.2. The summed E-state index contributed by atoms with van der Waals surface area (Å²) in [5.41, 5.74) is 8.15. The third-order valence-corrected chi connectivity index (χ3v) is 6.79. The van der Waals surface area contributed by atoms with E-state index in [4.69, 9.17) is 24.7 Å². The van der Waals surface area contributed by atoms with Crippen molar-refractivity contribution in [3.05, 3.63) is 59.9 Å². The summed E-state index contributed by atoms with van der Waals surface area (Å²) in [7, 11) is -1.13. The Labute approximate surface area is 201 Å². The van der Waals surface area contributed by atoms with Gasteiger partial charge in [-0.15, -0.1) is 0 Å². The summed E-state index contributed by atoms with van der Waals surface area (Å²) in [6.07, 6.45) is 5.37. The number of fused-ring (bicyclic) bond motifs is 1. The maximum atomic E-state index is 11.0. The summed E-state index contributed by atoms with van der Waals surface area (Å²) >= 11 is 0. The Bertz CT molecular complexity index is 1030. The molecule has 2 heterocycles. The number of aromatic nitrogens is 1. The van der Waals surface area contributed by atoms with Gasteiger partial charge in [0.25, 0.3) is 0 Å². The van der Waals surface area contributed by atoms with E-state index in [1.54, 1.807) is 18.3 Å². The van der Waals surface area contributed by atoms with Crippen LogP contribution in [0.15, 0.2) is 53.8 Å². The van der Waals surface area contributed by atoms with E-state index in [2.05, 4.69) is 29.6 Å². The smallest absolute Gasteiger partial charge is 0.302 e. The zero-order valence-electron chi connectivity index (χ0n) is 20.2. The van der Waals surface area contributed by atoms with Crippen LogP contribution in [0.1, 0.15) is 18.1 Å². The first-order chi connectivity index (χ1) is 16.2. The summed E-state index contributed by atoms with van der Waals surface area (Å²) in [5, 5.41) is 0.